The highest BCUT2D eigenvalue weighted by atomic mass is 32.1. The second-order valence-corrected chi connectivity index (χ2v) is 5.77. The van der Waals surface area contributed by atoms with E-state index >= 15 is 0 Å². The van der Waals surface area contributed by atoms with E-state index in [1.54, 1.807) is 0 Å². The molecule has 1 saturated carbocycles. The van der Waals surface area contributed by atoms with Crippen LogP contribution in [0.25, 0.3) is 0 Å². The summed E-state index contributed by atoms with van der Waals surface area (Å²) in [5, 5.41) is 12.2. The van der Waals surface area contributed by atoms with Crippen molar-refractivity contribution in [2.75, 3.05) is 5.32 Å². The molecular weight excluding hydrogens is 224 g/mol. The molecule has 0 bridgehead atoms. The van der Waals surface area contributed by atoms with Crippen LogP contribution in [0, 0.1) is 5.92 Å². The first-order valence-corrected chi connectivity index (χ1v) is 6.24. The van der Waals surface area contributed by atoms with Crippen molar-refractivity contribution in [1.82, 2.24) is 10.2 Å². The van der Waals surface area contributed by atoms with E-state index in [1.807, 2.05) is 0 Å². The first-order valence-electron chi connectivity index (χ1n) is 5.42. The normalized spacial score (nSPS) is 17.5. The summed E-state index contributed by atoms with van der Waals surface area (Å²) in [5.41, 5.74) is 5.12. The number of carbonyl (C=O) groups excluding carboxylic acids is 1. The molecule has 88 valence electrons. The van der Waals surface area contributed by atoms with Gasteiger partial charge in [-0.15, -0.1) is 10.2 Å². The number of nitrogens with zero attached hydrogens (tertiary/aromatic N) is 2. The summed E-state index contributed by atoms with van der Waals surface area (Å²) in [6.45, 7) is 4.25. The standard InChI is InChI=1S/C10H16N4OS/c1-6(2)5-7-13-14-9(16-7)12-8(15)10(11)3-4-10/h6H,3-5,11H2,1-2H3,(H,12,14,15). The molecule has 0 radical (unpaired) electrons. The molecule has 1 aromatic rings. The number of anilines is 1. The average Bonchev–Trinajstić information content (AvgIpc) is 2.79. The van der Waals surface area contributed by atoms with E-state index in [2.05, 4.69) is 29.4 Å². The number of hydrogen-bond donors (Lipinski definition) is 2. The molecule has 1 fully saturated rings. The number of nitrogens with two attached hydrogens (primary N) is 1. The first kappa shape index (κ1) is 11.5. The van der Waals surface area contributed by atoms with E-state index in [9.17, 15) is 4.79 Å². The van der Waals surface area contributed by atoms with Crippen LogP contribution in [0.1, 0.15) is 31.7 Å². The van der Waals surface area contributed by atoms with Crippen molar-refractivity contribution in [3.63, 3.8) is 0 Å². The third-order valence-electron chi connectivity index (χ3n) is 2.51. The summed E-state index contributed by atoms with van der Waals surface area (Å²) >= 11 is 1.42. The van der Waals surface area contributed by atoms with E-state index in [0.717, 1.165) is 24.3 Å². The predicted molar refractivity (Wildman–Crippen MR) is 63.2 cm³/mol. The van der Waals surface area contributed by atoms with E-state index in [1.165, 1.54) is 11.3 Å². The Bertz CT molecular complexity index is 397. The molecule has 6 heteroatoms. The third-order valence-corrected chi connectivity index (χ3v) is 3.37. The lowest BCUT2D eigenvalue weighted by atomic mass is 10.1. The summed E-state index contributed by atoms with van der Waals surface area (Å²) in [5.74, 6) is 0.403. The molecule has 5 nitrogen and oxygen atoms in total. The maximum Gasteiger partial charge on any atom is 0.246 e. The number of aromatic nitrogens is 2. The number of hydrogen-bond acceptors (Lipinski definition) is 5. The van der Waals surface area contributed by atoms with Crippen LogP contribution in [0.3, 0.4) is 0 Å². The van der Waals surface area contributed by atoms with Gasteiger partial charge in [-0.3, -0.25) is 10.1 Å². The largest absolute Gasteiger partial charge is 0.317 e. The van der Waals surface area contributed by atoms with Crippen molar-refractivity contribution in [2.45, 2.75) is 38.6 Å². The van der Waals surface area contributed by atoms with Crippen molar-refractivity contribution in [3.05, 3.63) is 5.01 Å². The fraction of sp³-hybridized carbons (Fsp3) is 0.700. The molecule has 0 saturated heterocycles. The van der Waals surface area contributed by atoms with E-state index in [4.69, 9.17) is 5.73 Å². The lowest BCUT2D eigenvalue weighted by Gasteiger charge is -2.06. The Morgan fingerprint density at radius 2 is 2.25 bits per heavy atom. The van der Waals surface area contributed by atoms with E-state index < -0.39 is 5.54 Å². The zero-order chi connectivity index (χ0) is 11.8. The van der Waals surface area contributed by atoms with Crippen LogP contribution in [0.15, 0.2) is 0 Å². The van der Waals surface area contributed by atoms with Crippen LogP contribution < -0.4 is 11.1 Å². The minimum absolute atomic E-state index is 0.139. The van der Waals surface area contributed by atoms with Crippen LogP contribution in [0.4, 0.5) is 5.13 Å². The Balaban J connectivity index is 1.95. The maximum atomic E-state index is 11.6. The summed E-state index contributed by atoms with van der Waals surface area (Å²) in [4.78, 5) is 11.6. The summed E-state index contributed by atoms with van der Waals surface area (Å²) in [6.07, 6.45) is 2.41. The average molecular weight is 240 g/mol. The fourth-order valence-electron chi connectivity index (χ4n) is 1.32. The second-order valence-electron chi connectivity index (χ2n) is 4.71. The van der Waals surface area contributed by atoms with Gasteiger partial charge >= 0.3 is 0 Å². The topological polar surface area (TPSA) is 80.9 Å². The number of amides is 1. The highest BCUT2D eigenvalue weighted by Gasteiger charge is 2.46. The van der Waals surface area contributed by atoms with Gasteiger partial charge in [0.1, 0.15) is 5.01 Å². The third kappa shape index (κ3) is 2.56. The van der Waals surface area contributed by atoms with Gasteiger partial charge in [0.05, 0.1) is 5.54 Å². The van der Waals surface area contributed by atoms with Crippen molar-refractivity contribution < 1.29 is 4.79 Å². The van der Waals surface area contributed by atoms with Crippen LogP contribution in [0.5, 0.6) is 0 Å². The molecule has 1 aliphatic rings. The Morgan fingerprint density at radius 1 is 1.56 bits per heavy atom. The molecule has 1 aliphatic carbocycles. The van der Waals surface area contributed by atoms with E-state index in [-0.39, 0.29) is 5.91 Å². The molecule has 0 unspecified atom stereocenters. The summed E-state index contributed by atoms with van der Waals surface area (Å²) in [7, 11) is 0. The van der Waals surface area contributed by atoms with Crippen molar-refractivity contribution in [3.8, 4) is 0 Å². The number of rotatable bonds is 4. The smallest absolute Gasteiger partial charge is 0.246 e. The van der Waals surface area contributed by atoms with Gasteiger partial charge in [-0.1, -0.05) is 25.2 Å². The fourth-order valence-corrected chi connectivity index (χ4v) is 2.27. The SMILES string of the molecule is CC(C)Cc1nnc(NC(=O)C2(N)CC2)s1. The Labute approximate surface area is 98.4 Å². The van der Waals surface area contributed by atoms with Gasteiger partial charge in [-0.05, 0) is 18.8 Å². The molecule has 0 spiro atoms. The van der Waals surface area contributed by atoms with Gasteiger partial charge in [-0.25, -0.2) is 0 Å². The zero-order valence-electron chi connectivity index (χ0n) is 9.49. The minimum atomic E-state index is -0.649. The lowest BCUT2D eigenvalue weighted by Crippen LogP contribution is -2.37. The molecule has 0 aliphatic heterocycles. The van der Waals surface area contributed by atoms with Crippen LogP contribution in [-0.2, 0) is 11.2 Å². The van der Waals surface area contributed by atoms with Gasteiger partial charge in [0.2, 0.25) is 11.0 Å². The van der Waals surface area contributed by atoms with Crippen molar-refractivity contribution in [1.29, 1.82) is 0 Å². The molecule has 1 aromatic heterocycles. The lowest BCUT2D eigenvalue weighted by molar-refractivity contribution is -0.118. The predicted octanol–water partition coefficient (Wildman–Crippen LogP) is 1.17. The molecule has 16 heavy (non-hydrogen) atoms. The van der Waals surface area contributed by atoms with Crippen LogP contribution in [0.2, 0.25) is 0 Å². The van der Waals surface area contributed by atoms with E-state index in [0.29, 0.717) is 11.0 Å². The number of carbonyl (C=O) groups is 1. The molecule has 1 amide bonds. The highest BCUT2D eigenvalue weighted by Crippen LogP contribution is 2.33. The monoisotopic (exact) mass is 240 g/mol. The van der Waals surface area contributed by atoms with Gasteiger partial charge in [0.25, 0.3) is 0 Å². The molecule has 3 N–H and O–H groups in total. The van der Waals surface area contributed by atoms with Gasteiger partial charge < -0.3 is 5.73 Å². The van der Waals surface area contributed by atoms with Gasteiger partial charge in [-0.2, -0.15) is 0 Å². The molecule has 1 heterocycles. The van der Waals surface area contributed by atoms with Crippen LogP contribution >= 0.6 is 11.3 Å². The molecule has 2 rings (SSSR count). The zero-order valence-corrected chi connectivity index (χ0v) is 10.3. The minimum Gasteiger partial charge on any atom is -0.317 e. The van der Waals surface area contributed by atoms with Crippen molar-refractivity contribution in [2.24, 2.45) is 11.7 Å². The Morgan fingerprint density at radius 3 is 2.81 bits per heavy atom. The Kier molecular flexibility index (Phi) is 2.94. The van der Waals surface area contributed by atoms with Crippen LogP contribution in [-0.4, -0.2) is 21.6 Å². The Hall–Kier alpha value is -1.01. The molecule has 0 aromatic carbocycles. The number of nitrogens with one attached hydrogen (secondary N) is 1. The second kappa shape index (κ2) is 4.10. The highest BCUT2D eigenvalue weighted by molar-refractivity contribution is 7.15. The maximum absolute atomic E-state index is 11.6. The summed E-state index contributed by atoms with van der Waals surface area (Å²) < 4.78 is 0. The molecular formula is C10H16N4OS. The summed E-state index contributed by atoms with van der Waals surface area (Å²) in [6, 6.07) is 0. The van der Waals surface area contributed by atoms with Gasteiger partial charge in [0.15, 0.2) is 0 Å². The first-order chi connectivity index (χ1) is 7.49. The van der Waals surface area contributed by atoms with Crippen molar-refractivity contribution >= 4 is 22.4 Å². The quantitative estimate of drug-likeness (QED) is 0.827. The van der Waals surface area contributed by atoms with Gasteiger partial charge in [0, 0.05) is 6.42 Å². The molecule has 0 atom stereocenters.